The average Bonchev–Trinajstić information content (AvgIpc) is 3.07. The molecule has 0 fully saturated rings. The lowest BCUT2D eigenvalue weighted by atomic mass is 10.2. The van der Waals surface area contributed by atoms with Gasteiger partial charge in [-0.2, -0.15) is 11.3 Å². The molecule has 2 nitrogen and oxygen atoms in total. The van der Waals surface area contributed by atoms with E-state index in [1.54, 1.807) is 11.3 Å². The number of para-hydroxylation sites is 4. The van der Waals surface area contributed by atoms with E-state index in [1.807, 2.05) is 59.3 Å². The molecule has 0 atom stereocenters. The van der Waals surface area contributed by atoms with Crippen LogP contribution < -0.4 is 9.64 Å². The van der Waals surface area contributed by atoms with Crippen LogP contribution in [0.4, 0.5) is 11.4 Å². The number of benzene rings is 2. The topological polar surface area (TPSA) is 12.5 Å². The van der Waals surface area contributed by atoms with E-state index < -0.39 is 0 Å². The highest BCUT2D eigenvalue weighted by molar-refractivity contribution is 7.07. The number of thiophene rings is 1. The first-order chi connectivity index (χ1) is 9.86. The summed E-state index contributed by atoms with van der Waals surface area (Å²) < 4.78 is 5.81. The molecule has 2 aromatic carbocycles. The highest BCUT2D eigenvalue weighted by atomic mass is 32.1. The maximum absolute atomic E-state index is 5.81. The van der Waals surface area contributed by atoms with Gasteiger partial charge in [-0.1, -0.05) is 36.4 Å². The predicted molar refractivity (Wildman–Crippen MR) is 85.3 cm³/mol. The van der Waals surface area contributed by atoms with Gasteiger partial charge in [0.15, 0.2) is 11.5 Å². The lowest BCUT2D eigenvalue weighted by Gasteiger charge is -2.29. The maximum atomic E-state index is 5.81. The van der Waals surface area contributed by atoms with Gasteiger partial charge in [0.05, 0.1) is 11.4 Å². The summed E-state index contributed by atoms with van der Waals surface area (Å²) in [6, 6.07) is 20.1. The molecule has 1 aromatic heterocycles. The normalized spacial score (nSPS) is 11.6. The fourth-order valence-corrected chi connectivity index (χ4v) is 2.57. The van der Waals surface area contributed by atoms with Gasteiger partial charge in [-0.25, -0.2) is 0 Å². The minimum Gasteiger partial charge on any atom is -0.453 e. The first-order valence-corrected chi connectivity index (χ1v) is 7.37. The zero-order valence-electron chi connectivity index (χ0n) is 11.2. The molecule has 3 aromatic rings. The van der Waals surface area contributed by atoms with Crippen molar-refractivity contribution in [2.75, 3.05) is 11.9 Å². The first-order valence-electron chi connectivity index (χ1n) is 6.43. The number of hydrogen-bond donors (Lipinski definition) is 0. The van der Waals surface area contributed by atoms with Crippen molar-refractivity contribution in [2.24, 2.45) is 0 Å². The van der Waals surface area contributed by atoms with Crippen molar-refractivity contribution < 1.29 is 4.74 Å². The molecule has 4 rings (SSSR count). The van der Waals surface area contributed by atoms with Gasteiger partial charge < -0.3 is 9.64 Å². The number of anilines is 2. The lowest BCUT2D eigenvalue weighted by Crippen LogP contribution is -2.15. The monoisotopic (exact) mass is 281 g/mol. The van der Waals surface area contributed by atoms with Crippen LogP contribution in [-0.4, -0.2) is 7.05 Å². The van der Waals surface area contributed by atoms with Crippen molar-refractivity contribution in [2.45, 2.75) is 0 Å². The summed E-state index contributed by atoms with van der Waals surface area (Å²) in [6.45, 7) is 0. The molecular weight excluding hydrogens is 266 g/mol. The standard InChI is InChI=1S/C13H11NO.C4H4S/c1-14-10-6-2-4-8-12(10)15-13-9-5-3-7-11(13)14;1-2-4-5-3-1/h2-9H,1H3;1-4H. The molecule has 100 valence electrons. The van der Waals surface area contributed by atoms with Crippen molar-refractivity contribution in [3.8, 4) is 11.5 Å². The second-order valence-corrected chi connectivity index (χ2v) is 5.21. The van der Waals surface area contributed by atoms with E-state index in [0.29, 0.717) is 0 Å². The second kappa shape index (κ2) is 5.80. The summed E-state index contributed by atoms with van der Waals surface area (Å²) in [5.41, 5.74) is 2.22. The van der Waals surface area contributed by atoms with Gasteiger partial charge >= 0.3 is 0 Å². The predicted octanol–water partition coefficient (Wildman–Crippen LogP) is 5.31. The molecule has 0 aliphatic carbocycles. The van der Waals surface area contributed by atoms with Gasteiger partial charge in [-0.05, 0) is 35.0 Å². The summed E-state index contributed by atoms with van der Waals surface area (Å²) in [5, 5.41) is 4.08. The van der Waals surface area contributed by atoms with Crippen LogP contribution in [0.15, 0.2) is 71.4 Å². The van der Waals surface area contributed by atoms with Gasteiger partial charge in [-0.15, -0.1) is 0 Å². The quantitative estimate of drug-likeness (QED) is 0.554. The lowest BCUT2D eigenvalue weighted by molar-refractivity contribution is 0.475. The Labute approximate surface area is 122 Å². The maximum Gasteiger partial charge on any atom is 0.151 e. The highest BCUT2D eigenvalue weighted by Gasteiger charge is 2.19. The molecule has 0 radical (unpaired) electrons. The van der Waals surface area contributed by atoms with Crippen molar-refractivity contribution >= 4 is 22.7 Å². The minimum atomic E-state index is 0.915. The van der Waals surface area contributed by atoms with Gasteiger partial charge in [0, 0.05) is 7.05 Å². The first kappa shape index (κ1) is 12.8. The number of nitrogens with zero attached hydrogens (tertiary/aromatic N) is 1. The molecule has 0 bridgehead atoms. The van der Waals surface area contributed by atoms with Gasteiger partial charge in [0.2, 0.25) is 0 Å². The molecule has 20 heavy (non-hydrogen) atoms. The molecule has 1 aliphatic rings. The van der Waals surface area contributed by atoms with Crippen LogP contribution in [0.25, 0.3) is 0 Å². The van der Waals surface area contributed by atoms with Crippen LogP contribution in [0.3, 0.4) is 0 Å². The van der Waals surface area contributed by atoms with E-state index in [1.165, 1.54) is 0 Å². The Morgan fingerprint density at radius 2 is 1.25 bits per heavy atom. The number of hydrogen-bond acceptors (Lipinski definition) is 3. The Bertz CT molecular complexity index is 616. The molecule has 0 unspecified atom stereocenters. The van der Waals surface area contributed by atoms with Gasteiger partial charge in [0.25, 0.3) is 0 Å². The minimum absolute atomic E-state index is 0.915. The molecule has 0 amide bonds. The van der Waals surface area contributed by atoms with Crippen LogP contribution in [0.5, 0.6) is 11.5 Å². The number of rotatable bonds is 0. The summed E-state index contributed by atoms with van der Waals surface area (Å²) in [5.74, 6) is 1.83. The molecule has 0 spiro atoms. The van der Waals surface area contributed by atoms with Crippen molar-refractivity contribution in [3.05, 3.63) is 71.4 Å². The largest absolute Gasteiger partial charge is 0.453 e. The number of ether oxygens (including phenoxy) is 1. The van der Waals surface area contributed by atoms with Gasteiger partial charge in [-0.3, -0.25) is 0 Å². The number of fused-ring (bicyclic) bond motifs is 2. The van der Waals surface area contributed by atoms with Crippen LogP contribution in [-0.2, 0) is 0 Å². The Hall–Kier alpha value is -2.26. The molecule has 0 N–H and O–H groups in total. The Balaban J connectivity index is 0.000000205. The summed E-state index contributed by atoms with van der Waals surface area (Å²) in [7, 11) is 2.06. The van der Waals surface area contributed by atoms with Crippen molar-refractivity contribution in [1.82, 2.24) is 0 Å². The highest BCUT2D eigenvalue weighted by Crippen LogP contribution is 2.44. The summed E-state index contributed by atoms with van der Waals surface area (Å²) >= 11 is 1.71. The fourth-order valence-electron chi connectivity index (χ4n) is 2.12. The Morgan fingerprint density at radius 3 is 1.70 bits per heavy atom. The molecule has 0 saturated carbocycles. The van der Waals surface area contributed by atoms with Crippen LogP contribution in [0.2, 0.25) is 0 Å². The average molecular weight is 281 g/mol. The van der Waals surface area contributed by atoms with Crippen LogP contribution >= 0.6 is 11.3 Å². The molecular formula is C17H15NOS. The molecule has 0 saturated heterocycles. The van der Waals surface area contributed by atoms with E-state index in [-0.39, 0.29) is 0 Å². The third-order valence-electron chi connectivity index (χ3n) is 3.10. The zero-order valence-corrected chi connectivity index (χ0v) is 12.0. The second-order valence-electron chi connectivity index (χ2n) is 4.39. The van der Waals surface area contributed by atoms with Crippen LogP contribution in [0.1, 0.15) is 0 Å². The van der Waals surface area contributed by atoms with Crippen molar-refractivity contribution in [1.29, 1.82) is 0 Å². The van der Waals surface area contributed by atoms with Gasteiger partial charge in [0.1, 0.15) is 0 Å². The van der Waals surface area contributed by atoms with Crippen LogP contribution in [0, 0.1) is 0 Å². The third-order valence-corrected chi connectivity index (χ3v) is 3.73. The molecule has 2 heterocycles. The Kier molecular flexibility index (Phi) is 3.70. The molecule has 1 aliphatic heterocycles. The van der Waals surface area contributed by atoms with E-state index in [0.717, 1.165) is 22.9 Å². The third kappa shape index (κ3) is 2.53. The smallest absolute Gasteiger partial charge is 0.151 e. The summed E-state index contributed by atoms with van der Waals surface area (Å²) in [6.07, 6.45) is 0. The van der Waals surface area contributed by atoms with E-state index in [2.05, 4.69) is 24.1 Å². The van der Waals surface area contributed by atoms with Crippen molar-refractivity contribution in [3.63, 3.8) is 0 Å². The fraction of sp³-hybridized carbons (Fsp3) is 0.0588. The van der Waals surface area contributed by atoms with E-state index in [4.69, 9.17) is 4.74 Å². The van der Waals surface area contributed by atoms with E-state index in [9.17, 15) is 0 Å². The zero-order chi connectivity index (χ0) is 13.8. The Morgan fingerprint density at radius 1 is 0.750 bits per heavy atom. The van der Waals surface area contributed by atoms with E-state index >= 15 is 0 Å². The SMILES string of the molecule is CN1c2ccccc2Oc2ccccc21.c1ccsc1. The molecule has 3 heteroatoms. The summed E-state index contributed by atoms with van der Waals surface area (Å²) in [4.78, 5) is 2.15.